The number of hydrogen-bond acceptors (Lipinski definition) is 2. The molecule has 0 spiro atoms. The predicted octanol–water partition coefficient (Wildman–Crippen LogP) is 3.60. The summed E-state index contributed by atoms with van der Waals surface area (Å²) in [4.78, 5) is 14.4. The van der Waals surface area contributed by atoms with E-state index in [-0.39, 0.29) is 5.91 Å². The summed E-state index contributed by atoms with van der Waals surface area (Å²) in [6.45, 7) is 4.69. The molecular weight excluding hydrogens is 262 g/mol. The number of para-hydroxylation sites is 1. The fraction of sp³-hybridized carbons (Fsp3) is 0.278. The number of rotatable bonds is 5. The molecule has 0 saturated carbocycles. The van der Waals surface area contributed by atoms with Crippen molar-refractivity contribution in [3.63, 3.8) is 0 Å². The van der Waals surface area contributed by atoms with Crippen LogP contribution < -0.4 is 9.64 Å². The van der Waals surface area contributed by atoms with Crippen molar-refractivity contribution in [2.75, 3.05) is 18.6 Å². The van der Waals surface area contributed by atoms with Crippen LogP contribution in [-0.2, 0) is 11.2 Å². The van der Waals surface area contributed by atoms with Crippen molar-refractivity contribution in [1.82, 2.24) is 0 Å². The molecule has 0 heterocycles. The van der Waals surface area contributed by atoms with Gasteiger partial charge in [-0.25, -0.2) is 0 Å². The molecule has 3 heteroatoms. The van der Waals surface area contributed by atoms with Gasteiger partial charge in [-0.2, -0.15) is 0 Å². The van der Waals surface area contributed by atoms with Crippen molar-refractivity contribution in [2.45, 2.75) is 20.3 Å². The van der Waals surface area contributed by atoms with E-state index in [4.69, 9.17) is 4.74 Å². The Bertz CT molecular complexity index is 605. The van der Waals surface area contributed by atoms with Gasteiger partial charge in [-0.3, -0.25) is 4.79 Å². The van der Waals surface area contributed by atoms with Crippen molar-refractivity contribution in [3.8, 4) is 5.75 Å². The fourth-order valence-electron chi connectivity index (χ4n) is 2.36. The van der Waals surface area contributed by atoms with E-state index >= 15 is 0 Å². The van der Waals surface area contributed by atoms with Crippen LogP contribution in [0, 0.1) is 6.92 Å². The largest absolute Gasteiger partial charge is 0.497 e. The van der Waals surface area contributed by atoms with E-state index in [1.54, 1.807) is 7.11 Å². The summed E-state index contributed by atoms with van der Waals surface area (Å²) in [5.74, 6) is 0.911. The number of methoxy groups -OCH3 is 1. The summed E-state index contributed by atoms with van der Waals surface area (Å²) >= 11 is 0. The number of amides is 1. The van der Waals surface area contributed by atoms with Crippen molar-refractivity contribution in [3.05, 3.63) is 59.7 Å². The van der Waals surface area contributed by atoms with Gasteiger partial charge in [0, 0.05) is 12.2 Å². The molecule has 0 radical (unpaired) electrons. The van der Waals surface area contributed by atoms with E-state index < -0.39 is 0 Å². The lowest BCUT2D eigenvalue weighted by molar-refractivity contribution is -0.117. The van der Waals surface area contributed by atoms with Gasteiger partial charge in [0.1, 0.15) is 5.75 Å². The predicted molar refractivity (Wildman–Crippen MR) is 85.9 cm³/mol. The molecule has 3 nitrogen and oxygen atoms in total. The summed E-state index contributed by atoms with van der Waals surface area (Å²) in [6, 6.07) is 15.6. The zero-order valence-corrected chi connectivity index (χ0v) is 12.8. The molecule has 0 aliphatic rings. The molecule has 2 rings (SSSR count). The first-order chi connectivity index (χ1) is 10.2. The highest BCUT2D eigenvalue weighted by molar-refractivity contribution is 5.95. The van der Waals surface area contributed by atoms with Crippen LogP contribution in [0.25, 0.3) is 0 Å². The molecule has 0 aliphatic carbocycles. The Balaban J connectivity index is 2.15. The standard InChI is InChI=1S/C18H21NO2/c1-4-19(17-8-6-5-7-14(17)2)18(20)13-15-9-11-16(21-3)12-10-15/h5-12H,4,13H2,1-3H3. The Hall–Kier alpha value is -2.29. The fourth-order valence-corrected chi connectivity index (χ4v) is 2.36. The van der Waals surface area contributed by atoms with Gasteiger partial charge in [0.25, 0.3) is 0 Å². The molecule has 110 valence electrons. The highest BCUT2D eigenvalue weighted by Gasteiger charge is 2.15. The first kappa shape index (κ1) is 15.1. The van der Waals surface area contributed by atoms with Crippen molar-refractivity contribution < 1.29 is 9.53 Å². The first-order valence-corrected chi connectivity index (χ1v) is 7.14. The van der Waals surface area contributed by atoms with E-state index in [0.29, 0.717) is 13.0 Å². The molecule has 0 bridgehead atoms. The molecule has 0 atom stereocenters. The minimum Gasteiger partial charge on any atom is -0.497 e. The second-order valence-electron chi connectivity index (χ2n) is 4.95. The zero-order valence-electron chi connectivity index (χ0n) is 12.8. The molecule has 0 N–H and O–H groups in total. The van der Waals surface area contributed by atoms with Crippen LogP contribution in [0.3, 0.4) is 0 Å². The number of hydrogen-bond donors (Lipinski definition) is 0. The summed E-state index contributed by atoms with van der Waals surface area (Å²) in [5, 5.41) is 0. The van der Waals surface area contributed by atoms with Gasteiger partial charge in [-0.05, 0) is 43.2 Å². The third-order valence-electron chi connectivity index (χ3n) is 3.54. The Kier molecular flexibility index (Phi) is 4.99. The van der Waals surface area contributed by atoms with Gasteiger partial charge in [-0.1, -0.05) is 30.3 Å². The number of likely N-dealkylation sites (N-methyl/N-ethyl adjacent to an activating group) is 1. The van der Waals surface area contributed by atoms with Crippen LogP contribution in [0.5, 0.6) is 5.75 Å². The first-order valence-electron chi connectivity index (χ1n) is 7.14. The number of nitrogens with zero attached hydrogens (tertiary/aromatic N) is 1. The Morgan fingerprint density at radius 1 is 1.10 bits per heavy atom. The SMILES string of the molecule is CCN(C(=O)Cc1ccc(OC)cc1)c1ccccc1C. The molecule has 0 aliphatic heterocycles. The topological polar surface area (TPSA) is 29.5 Å². The maximum atomic E-state index is 12.5. The molecule has 2 aromatic carbocycles. The maximum absolute atomic E-state index is 12.5. The van der Waals surface area contributed by atoms with Crippen molar-refractivity contribution in [2.24, 2.45) is 0 Å². The van der Waals surface area contributed by atoms with Gasteiger partial charge in [0.05, 0.1) is 13.5 Å². The average Bonchev–Trinajstić information content (AvgIpc) is 2.50. The van der Waals surface area contributed by atoms with Crippen LogP contribution >= 0.6 is 0 Å². The monoisotopic (exact) mass is 283 g/mol. The van der Waals surface area contributed by atoms with Gasteiger partial charge in [0.15, 0.2) is 0 Å². The lowest BCUT2D eigenvalue weighted by Gasteiger charge is -2.23. The van der Waals surface area contributed by atoms with Gasteiger partial charge < -0.3 is 9.64 Å². The summed E-state index contributed by atoms with van der Waals surface area (Å²) in [6.07, 6.45) is 0.395. The third-order valence-corrected chi connectivity index (χ3v) is 3.54. The van der Waals surface area contributed by atoms with E-state index in [1.165, 1.54) is 0 Å². The highest BCUT2D eigenvalue weighted by atomic mass is 16.5. The number of carbonyl (C=O) groups is 1. The summed E-state index contributed by atoms with van der Waals surface area (Å²) < 4.78 is 5.13. The molecule has 0 unspecified atom stereocenters. The lowest BCUT2D eigenvalue weighted by Crippen LogP contribution is -2.32. The lowest BCUT2D eigenvalue weighted by atomic mass is 10.1. The Morgan fingerprint density at radius 3 is 2.33 bits per heavy atom. The highest BCUT2D eigenvalue weighted by Crippen LogP contribution is 2.20. The second-order valence-corrected chi connectivity index (χ2v) is 4.95. The number of carbonyl (C=O) groups excluding carboxylic acids is 1. The van der Waals surface area contributed by atoms with E-state index in [2.05, 4.69) is 0 Å². The Morgan fingerprint density at radius 2 is 1.76 bits per heavy atom. The quantitative estimate of drug-likeness (QED) is 0.839. The van der Waals surface area contributed by atoms with Crippen molar-refractivity contribution >= 4 is 11.6 Å². The minimum atomic E-state index is 0.108. The van der Waals surface area contributed by atoms with E-state index in [1.807, 2.05) is 67.3 Å². The third kappa shape index (κ3) is 3.63. The normalized spacial score (nSPS) is 10.2. The molecule has 0 saturated heterocycles. The van der Waals surface area contributed by atoms with Crippen LogP contribution in [0.4, 0.5) is 5.69 Å². The second kappa shape index (κ2) is 6.93. The zero-order chi connectivity index (χ0) is 15.2. The van der Waals surface area contributed by atoms with Crippen LogP contribution in [-0.4, -0.2) is 19.6 Å². The molecule has 0 aromatic heterocycles. The molecular formula is C18H21NO2. The van der Waals surface area contributed by atoms with Crippen LogP contribution in [0.15, 0.2) is 48.5 Å². The minimum absolute atomic E-state index is 0.108. The summed E-state index contributed by atoms with van der Waals surface area (Å²) in [5.41, 5.74) is 3.09. The molecule has 1 amide bonds. The molecule has 0 fully saturated rings. The van der Waals surface area contributed by atoms with Crippen molar-refractivity contribution in [1.29, 1.82) is 0 Å². The number of aryl methyl sites for hydroxylation is 1. The molecule has 2 aromatic rings. The van der Waals surface area contributed by atoms with Crippen LogP contribution in [0.1, 0.15) is 18.1 Å². The van der Waals surface area contributed by atoms with E-state index in [0.717, 1.165) is 22.6 Å². The molecule has 21 heavy (non-hydrogen) atoms. The number of anilines is 1. The van der Waals surface area contributed by atoms with Gasteiger partial charge >= 0.3 is 0 Å². The van der Waals surface area contributed by atoms with Gasteiger partial charge in [0.2, 0.25) is 5.91 Å². The number of benzene rings is 2. The number of ether oxygens (including phenoxy) is 1. The summed E-state index contributed by atoms with van der Waals surface area (Å²) in [7, 11) is 1.64. The smallest absolute Gasteiger partial charge is 0.231 e. The maximum Gasteiger partial charge on any atom is 0.231 e. The van der Waals surface area contributed by atoms with Crippen LogP contribution in [0.2, 0.25) is 0 Å². The van der Waals surface area contributed by atoms with E-state index in [9.17, 15) is 4.79 Å². The van der Waals surface area contributed by atoms with Gasteiger partial charge in [-0.15, -0.1) is 0 Å². The average molecular weight is 283 g/mol. The Labute approximate surface area is 126 Å².